The Kier molecular flexibility index (Phi) is 5.73. The first-order valence-electron chi connectivity index (χ1n) is 7.52. The number of likely N-dealkylation sites (tertiary alicyclic amines) is 1. The molecular formula is C16H16F3NO6. The van der Waals surface area contributed by atoms with Gasteiger partial charge in [0.15, 0.2) is 6.61 Å². The van der Waals surface area contributed by atoms with Gasteiger partial charge in [0.05, 0.1) is 18.9 Å². The van der Waals surface area contributed by atoms with Crippen LogP contribution in [0.1, 0.15) is 10.4 Å². The molecule has 26 heavy (non-hydrogen) atoms. The highest BCUT2D eigenvalue weighted by molar-refractivity contribution is 5.95. The van der Waals surface area contributed by atoms with E-state index in [4.69, 9.17) is 9.84 Å². The van der Waals surface area contributed by atoms with Crippen LogP contribution in [0.2, 0.25) is 0 Å². The standard InChI is InChI=1S/C16H16F3NO6/c1-25-13(21)8-26-10-4-2-3-9(5-10)14(22)20-6-11(15(23)24)12(7-20)16(17,18)19/h2-5,11-12H,6-8H2,1H3,(H,23,24)/t11-,12-/m1/s1. The molecule has 10 heteroatoms. The van der Waals surface area contributed by atoms with E-state index in [9.17, 15) is 27.6 Å². The summed E-state index contributed by atoms with van der Waals surface area (Å²) in [6.07, 6.45) is -4.72. The Balaban J connectivity index is 2.14. The van der Waals surface area contributed by atoms with Gasteiger partial charge in [0, 0.05) is 18.7 Å². The molecule has 1 fully saturated rings. The number of aliphatic carboxylic acids is 1. The third-order valence-corrected chi connectivity index (χ3v) is 4.01. The van der Waals surface area contributed by atoms with E-state index >= 15 is 0 Å². The maximum absolute atomic E-state index is 13.0. The topological polar surface area (TPSA) is 93.1 Å². The van der Waals surface area contributed by atoms with Gasteiger partial charge in [0.25, 0.3) is 5.91 Å². The van der Waals surface area contributed by atoms with Crippen molar-refractivity contribution in [3.05, 3.63) is 29.8 Å². The Bertz CT molecular complexity index is 705. The molecule has 7 nitrogen and oxygen atoms in total. The van der Waals surface area contributed by atoms with Crippen LogP contribution in [0.5, 0.6) is 5.75 Å². The van der Waals surface area contributed by atoms with Crippen molar-refractivity contribution in [2.24, 2.45) is 11.8 Å². The number of alkyl halides is 3. The predicted molar refractivity (Wildman–Crippen MR) is 80.5 cm³/mol. The van der Waals surface area contributed by atoms with Crippen molar-refractivity contribution >= 4 is 17.8 Å². The number of rotatable bonds is 5. The van der Waals surface area contributed by atoms with Crippen molar-refractivity contribution in [3.8, 4) is 5.75 Å². The molecule has 1 amide bonds. The zero-order valence-electron chi connectivity index (χ0n) is 13.7. The van der Waals surface area contributed by atoms with E-state index < -0.39 is 55.6 Å². The van der Waals surface area contributed by atoms with Gasteiger partial charge >= 0.3 is 18.1 Å². The van der Waals surface area contributed by atoms with Crippen LogP contribution in [0.4, 0.5) is 13.2 Å². The molecule has 1 aliphatic heterocycles. The molecule has 0 aromatic heterocycles. The zero-order valence-corrected chi connectivity index (χ0v) is 13.7. The van der Waals surface area contributed by atoms with Crippen LogP contribution in [-0.4, -0.2) is 60.8 Å². The average molecular weight is 375 g/mol. The molecule has 0 bridgehead atoms. The minimum Gasteiger partial charge on any atom is -0.482 e. The van der Waals surface area contributed by atoms with Crippen molar-refractivity contribution in [1.29, 1.82) is 0 Å². The number of hydrogen-bond acceptors (Lipinski definition) is 5. The fourth-order valence-corrected chi connectivity index (χ4v) is 2.65. The van der Waals surface area contributed by atoms with E-state index in [-0.39, 0.29) is 11.3 Å². The van der Waals surface area contributed by atoms with Gasteiger partial charge in [-0.15, -0.1) is 0 Å². The number of halogens is 3. The molecule has 2 atom stereocenters. The van der Waals surface area contributed by atoms with Crippen LogP contribution in [0.25, 0.3) is 0 Å². The first-order valence-corrected chi connectivity index (χ1v) is 7.52. The van der Waals surface area contributed by atoms with Crippen LogP contribution < -0.4 is 4.74 Å². The second kappa shape index (κ2) is 7.63. The largest absolute Gasteiger partial charge is 0.482 e. The highest BCUT2D eigenvalue weighted by Gasteiger charge is 2.53. The molecule has 1 aliphatic rings. The maximum Gasteiger partial charge on any atom is 0.394 e. The summed E-state index contributed by atoms with van der Waals surface area (Å²) in [7, 11) is 1.18. The fourth-order valence-electron chi connectivity index (χ4n) is 2.65. The summed E-state index contributed by atoms with van der Waals surface area (Å²) in [6, 6.07) is 5.53. The summed E-state index contributed by atoms with van der Waals surface area (Å²) >= 11 is 0. The van der Waals surface area contributed by atoms with E-state index in [1.165, 1.54) is 31.4 Å². The fraction of sp³-hybridized carbons (Fsp3) is 0.438. The zero-order chi connectivity index (χ0) is 19.5. The van der Waals surface area contributed by atoms with Crippen LogP contribution >= 0.6 is 0 Å². The lowest BCUT2D eigenvalue weighted by atomic mass is 9.96. The van der Waals surface area contributed by atoms with Crippen molar-refractivity contribution in [2.45, 2.75) is 6.18 Å². The summed E-state index contributed by atoms with van der Waals surface area (Å²) in [6.45, 7) is -1.66. The van der Waals surface area contributed by atoms with Crippen molar-refractivity contribution in [2.75, 3.05) is 26.8 Å². The summed E-state index contributed by atoms with van der Waals surface area (Å²) < 4.78 is 48.6. The number of hydrogen-bond donors (Lipinski definition) is 1. The minimum atomic E-state index is -4.72. The number of methoxy groups -OCH3 is 1. The molecule has 0 aliphatic carbocycles. The van der Waals surface area contributed by atoms with Gasteiger partial charge in [-0.25, -0.2) is 4.79 Å². The molecule has 0 unspecified atom stereocenters. The highest BCUT2D eigenvalue weighted by atomic mass is 19.4. The van der Waals surface area contributed by atoms with E-state index in [1.807, 2.05) is 0 Å². The normalized spacial score (nSPS) is 19.9. The van der Waals surface area contributed by atoms with E-state index in [0.29, 0.717) is 0 Å². The summed E-state index contributed by atoms with van der Waals surface area (Å²) in [5, 5.41) is 9.00. The lowest BCUT2D eigenvalue weighted by Gasteiger charge is -2.18. The molecule has 1 aromatic carbocycles. The Morgan fingerprint density at radius 1 is 1.27 bits per heavy atom. The second-order valence-corrected chi connectivity index (χ2v) is 5.70. The Morgan fingerprint density at radius 2 is 1.96 bits per heavy atom. The van der Waals surface area contributed by atoms with Crippen LogP contribution in [0.3, 0.4) is 0 Å². The SMILES string of the molecule is COC(=O)COc1cccc(C(=O)N2C[C@@H](C(F)(F)F)[C@H](C(=O)O)C2)c1. The second-order valence-electron chi connectivity index (χ2n) is 5.70. The first kappa shape index (κ1) is 19.5. The lowest BCUT2D eigenvalue weighted by Crippen LogP contribution is -2.34. The number of amides is 1. The number of benzene rings is 1. The summed E-state index contributed by atoms with van der Waals surface area (Å²) in [5.41, 5.74) is 0.0272. The quantitative estimate of drug-likeness (QED) is 0.786. The smallest absolute Gasteiger partial charge is 0.394 e. The van der Waals surface area contributed by atoms with Crippen molar-refractivity contribution in [3.63, 3.8) is 0 Å². The molecule has 142 valence electrons. The maximum atomic E-state index is 13.0. The molecule has 1 N–H and O–H groups in total. The predicted octanol–water partition coefficient (Wildman–Crippen LogP) is 1.57. The number of ether oxygens (including phenoxy) is 2. The number of nitrogens with zero attached hydrogens (tertiary/aromatic N) is 1. The minimum absolute atomic E-state index is 0.0272. The van der Waals surface area contributed by atoms with Gasteiger partial charge in [0.2, 0.25) is 0 Å². The number of carboxylic acids is 1. The van der Waals surface area contributed by atoms with Gasteiger partial charge in [-0.2, -0.15) is 13.2 Å². The third kappa shape index (κ3) is 4.44. The molecule has 1 aromatic rings. The van der Waals surface area contributed by atoms with Gasteiger partial charge in [-0.3, -0.25) is 9.59 Å². The first-order chi connectivity index (χ1) is 12.1. The Hall–Kier alpha value is -2.78. The third-order valence-electron chi connectivity index (χ3n) is 4.01. The summed E-state index contributed by atoms with van der Waals surface area (Å²) in [5.74, 6) is -6.66. The molecule has 0 radical (unpaired) electrons. The van der Waals surface area contributed by atoms with Gasteiger partial charge in [-0.1, -0.05) is 6.07 Å². The molecule has 0 spiro atoms. The number of carbonyl (C=O) groups is 3. The molecule has 0 saturated carbocycles. The molecule has 1 saturated heterocycles. The van der Waals surface area contributed by atoms with Crippen molar-refractivity contribution in [1.82, 2.24) is 4.90 Å². The highest BCUT2D eigenvalue weighted by Crippen LogP contribution is 2.38. The van der Waals surface area contributed by atoms with Crippen LogP contribution in [-0.2, 0) is 14.3 Å². The van der Waals surface area contributed by atoms with Crippen molar-refractivity contribution < 1.29 is 42.1 Å². The molecule has 2 rings (SSSR count). The van der Waals surface area contributed by atoms with Crippen LogP contribution in [0.15, 0.2) is 24.3 Å². The molecule has 1 heterocycles. The number of carboxylic acid groups (broad SMARTS) is 1. The van der Waals surface area contributed by atoms with Gasteiger partial charge < -0.3 is 19.5 Å². The average Bonchev–Trinajstić information content (AvgIpc) is 3.05. The van der Waals surface area contributed by atoms with E-state index in [1.54, 1.807) is 0 Å². The number of esters is 1. The Morgan fingerprint density at radius 3 is 2.50 bits per heavy atom. The summed E-state index contributed by atoms with van der Waals surface area (Å²) in [4.78, 5) is 35.5. The van der Waals surface area contributed by atoms with Gasteiger partial charge in [0.1, 0.15) is 5.75 Å². The van der Waals surface area contributed by atoms with Crippen LogP contribution in [0, 0.1) is 11.8 Å². The van der Waals surface area contributed by atoms with E-state index in [0.717, 1.165) is 4.90 Å². The van der Waals surface area contributed by atoms with Gasteiger partial charge in [-0.05, 0) is 18.2 Å². The monoisotopic (exact) mass is 375 g/mol. The lowest BCUT2D eigenvalue weighted by molar-refractivity contribution is -0.187. The Labute approximate surface area is 146 Å². The van der Waals surface area contributed by atoms with E-state index in [2.05, 4.69) is 4.74 Å². The number of carbonyl (C=O) groups excluding carboxylic acids is 2. The molecular weight excluding hydrogens is 359 g/mol.